The minimum atomic E-state index is -1.51. The van der Waals surface area contributed by atoms with Crippen molar-refractivity contribution < 1.29 is 18.5 Å². The van der Waals surface area contributed by atoms with Crippen LogP contribution in [0.4, 0.5) is 4.39 Å². The van der Waals surface area contributed by atoms with E-state index < -0.39 is 22.0 Å². The first-order chi connectivity index (χ1) is 8.32. The van der Waals surface area contributed by atoms with Gasteiger partial charge in [-0.25, -0.2) is 4.39 Å². The van der Waals surface area contributed by atoms with E-state index in [1.165, 1.54) is 12.1 Å². The molecular formula is C13H17FO3S. The Hall–Kier alpha value is -1.23. The van der Waals surface area contributed by atoms with Gasteiger partial charge in [-0.3, -0.25) is 9.00 Å². The Morgan fingerprint density at radius 2 is 2.06 bits per heavy atom. The largest absolute Gasteiger partial charge is 0.480 e. The highest BCUT2D eigenvalue weighted by Crippen LogP contribution is 2.17. The smallest absolute Gasteiger partial charge is 0.319 e. The summed E-state index contributed by atoms with van der Waals surface area (Å²) in [6, 6.07) is 4.21. The molecule has 1 rings (SSSR count). The Morgan fingerprint density at radius 1 is 1.44 bits per heavy atom. The van der Waals surface area contributed by atoms with Crippen LogP contribution in [0, 0.1) is 18.7 Å². The minimum absolute atomic E-state index is 0.140. The molecule has 0 aromatic heterocycles. The van der Waals surface area contributed by atoms with Crippen molar-refractivity contribution in [2.45, 2.75) is 31.8 Å². The zero-order valence-electron chi connectivity index (χ0n) is 10.6. The predicted octanol–water partition coefficient (Wildman–Crippen LogP) is 2.49. The van der Waals surface area contributed by atoms with Gasteiger partial charge in [0, 0.05) is 16.6 Å². The molecule has 0 saturated heterocycles. The van der Waals surface area contributed by atoms with E-state index in [1.54, 1.807) is 26.8 Å². The summed E-state index contributed by atoms with van der Waals surface area (Å²) in [7, 11) is -1.51. The molecule has 1 N–H and O–H groups in total. The van der Waals surface area contributed by atoms with Crippen LogP contribution < -0.4 is 0 Å². The van der Waals surface area contributed by atoms with Crippen molar-refractivity contribution in [2.24, 2.45) is 5.92 Å². The van der Waals surface area contributed by atoms with Crippen molar-refractivity contribution in [1.82, 2.24) is 0 Å². The maximum atomic E-state index is 12.9. The normalized spacial score (nSPS) is 14.5. The second-order valence-electron chi connectivity index (χ2n) is 4.60. The molecule has 0 saturated carbocycles. The Bertz CT molecular complexity index is 471. The molecule has 0 bridgehead atoms. The van der Waals surface area contributed by atoms with Gasteiger partial charge in [-0.05, 0) is 36.1 Å². The molecule has 0 aliphatic carbocycles. The Balaban J connectivity index is 2.89. The molecule has 0 aliphatic heterocycles. The quantitative estimate of drug-likeness (QED) is 0.896. The van der Waals surface area contributed by atoms with E-state index in [0.29, 0.717) is 5.56 Å². The van der Waals surface area contributed by atoms with Gasteiger partial charge in [-0.1, -0.05) is 19.9 Å². The Kier molecular flexibility index (Phi) is 5.02. The van der Waals surface area contributed by atoms with Crippen LogP contribution in [0.5, 0.6) is 0 Å². The summed E-state index contributed by atoms with van der Waals surface area (Å²) >= 11 is 0. The fourth-order valence-electron chi connectivity index (χ4n) is 1.77. The first-order valence-corrected chi connectivity index (χ1v) is 7.06. The van der Waals surface area contributed by atoms with Crippen LogP contribution in [-0.4, -0.2) is 20.5 Å². The zero-order chi connectivity index (χ0) is 13.9. The minimum Gasteiger partial charge on any atom is -0.480 e. The highest BCUT2D eigenvalue weighted by Gasteiger charge is 2.28. The lowest BCUT2D eigenvalue weighted by molar-refractivity contribution is -0.137. The van der Waals surface area contributed by atoms with E-state index in [-0.39, 0.29) is 17.5 Å². The molecule has 2 atom stereocenters. The molecule has 2 unspecified atom stereocenters. The molecule has 1 aromatic rings. The average molecular weight is 272 g/mol. The van der Waals surface area contributed by atoms with Crippen molar-refractivity contribution in [3.8, 4) is 0 Å². The topological polar surface area (TPSA) is 54.4 Å². The van der Waals surface area contributed by atoms with Gasteiger partial charge in [-0.15, -0.1) is 0 Å². The van der Waals surface area contributed by atoms with E-state index >= 15 is 0 Å². The Morgan fingerprint density at radius 3 is 2.50 bits per heavy atom. The lowest BCUT2D eigenvalue weighted by Gasteiger charge is -2.16. The van der Waals surface area contributed by atoms with Crippen molar-refractivity contribution in [3.63, 3.8) is 0 Å². The van der Waals surface area contributed by atoms with Gasteiger partial charge in [0.1, 0.15) is 11.1 Å². The van der Waals surface area contributed by atoms with Crippen LogP contribution in [0.1, 0.15) is 25.0 Å². The molecule has 100 valence electrons. The van der Waals surface area contributed by atoms with Crippen molar-refractivity contribution in [1.29, 1.82) is 0 Å². The molecule has 3 nitrogen and oxygen atoms in total. The fraction of sp³-hybridized carbons (Fsp3) is 0.462. The van der Waals surface area contributed by atoms with E-state index in [4.69, 9.17) is 5.11 Å². The molecule has 0 heterocycles. The van der Waals surface area contributed by atoms with Gasteiger partial charge in [0.25, 0.3) is 0 Å². The van der Waals surface area contributed by atoms with Gasteiger partial charge in [-0.2, -0.15) is 0 Å². The zero-order valence-corrected chi connectivity index (χ0v) is 11.5. The molecule has 18 heavy (non-hydrogen) atoms. The molecule has 5 heteroatoms. The number of carbonyl (C=O) groups is 1. The Labute approximate surface area is 108 Å². The number of aryl methyl sites for hydroxylation is 1. The number of halogens is 1. The van der Waals surface area contributed by atoms with Gasteiger partial charge >= 0.3 is 5.97 Å². The summed E-state index contributed by atoms with van der Waals surface area (Å²) in [5, 5.41) is 8.16. The number of carboxylic acids is 1. The summed E-state index contributed by atoms with van der Waals surface area (Å²) in [5.41, 5.74) is 1.41. The van der Waals surface area contributed by atoms with Crippen LogP contribution in [0.3, 0.4) is 0 Å². The van der Waals surface area contributed by atoms with Crippen LogP contribution in [0.2, 0.25) is 0 Å². The van der Waals surface area contributed by atoms with E-state index in [1.807, 2.05) is 0 Å². The summed E-state index contributed by atoms with van der Waals surface area (Å²) in [4.78, 5) is 11.1. The molecule has 0 spiro atoms. The van der Waals surface area contributed by atoms with E-state index in [2.05, 4.69) is 0 Å². The second-order valence-corrected chi connectivity index (χ2v) is 6.16. The third kappa shape index (κ3) is 3.63. The standard InChI is InChI=1S/C13H17FO3S/c1-8(2)12(13(15)16)18(17)7-10-4-5-11(14)6-9(10)3/h4-6,8,12H,7H2,1-3H3,(H,15,16). The van der Waals surface area contributed by atoms with E-state index in [0.717, 1.165) is 5.56 Å². The number of aliphatic carboxylic acids is 1. The first-order valence-electron chi connectivity index (χ1n) is 5.68. The lowest BCUT2D eigenvalue weighted by Crippen LogP contribution is -2.31. The summed E-state index contributed by atoms with van der Waals surface area (Å²) in [6.45, 7) is 5.18. The SMILES string of the molecule is Cc1cc(F)ccc1CS(=O)C(C(=O)O)C(C)C. The van der Waals surface area contributed by atoms with Gasteiger partial charge in [0.05, 0.1) is 0 Å². The molecule has 0 radical (unpaired) electrons. The highest BCUT2D eigenvalue weighted by atomic mass is 32.2. The number of hydrogen-bond acceptors (Lipinski definition) is 2. The van der Waals surface area contributed by atoms with Gasteiger partial charge < -0.3 is 5.11 Å². The highest BCUT2D eigenvalue weighted by molar-refractivity contribution is 7.85. The lowest BCUT2D eigenvalue weighted by atomic mass is 10.1. The number of hydrogen-bond donors (Lipinski definition) is 1. The van der Waals surface area contributed by atoms with Crippen LogP contribution in [-0.2, 0) is 21.3 Å². The van der Waals surface area contributed by atoms with Gasteiger partial charge in [0.2, 0.25) is 0 Å². The fourth-order valence-corrected chi connectivity index (χ4v) is 3.41. The molecular weight excluding hydrogens is 255 g/mol. The average Bonchev–Trinajstić information content (AvgIpc) is 2.21. The number of benzene rings is 1. The third-order valence-electron chi connectivity index (χ3n) is 2.73. The summed E-state index contributed by atoms with van der Waals surface area (Å²) < 4.78 is 25.0. The molecule has 0 fully saturated rings. The van der Waals surface area contributed by atoms with Gasteiger partial charge in [0.15, 0.2) is 0 Å². The van der Waals surface area contributed by atoms with Crippen LogP contribution in [0.15, 0.2) is 18.2 Å². The van der Waals surface area contributed by atoms with Crippen molar-refractivity contribution in [3.05, 3.63) is 35.1 Å². The first kappa shape index (κ1) is 14.8. The number of rotatable bonds is 5. The number of carboxylic acid groups (broad SMARTS) is 1. The molecule has 0 amide bonds. The maximum absolute atomic E-state index is 12.9. The summed E-state index contributed by atoms with van der Waals surface area (Å²) in [6.07, 6.45) is 0. The molecule has 1 aromatic carbocycles. The van der Waals surface area contributed by atoms with Crippen molar-refractivity contribution >= 4 is 16.8 Å². The second kappa shape index (κ2) is 6.09. The van der Waals surface area contributed by atoms with E-state index in [9.17, 15) is 13.4 Å². The monoisotopic (exact) mass is 272 g/mol. The summed E-state index contributed by atoms with van der Waals surface area (Å²) in [5.74, 6) is -1.46. The molecule has 0 aliphatic rings. The third-order valence-corrected chi connectivity index (χ3v) is 4.64. The van der Waals surface area contributed by atoms with Crippen LogP contribution in [0.25, 0.3) is 0 Å². The van der Waals surface area contributed by atoms with Crippen LogP contribution >= 0.6 is 0 Å². The predicted molar refractivity (Wildman–Crippen MR) is 69.2 cm³/mol. The van der Waals surface area contributed by atoms with Crippen molar-refractivity contribution in [2.75, 3.05) is 0 Å². The maximum Gasteiger partial charge on any atom is 0.319 e.